The Labute approximate surface area is 99.3 Å². The first-order chi connectivity index (χ1) is 7.50. The predicted octanol–water partition coefficient (Wildman–Crippen LogP) is 2.24. The first kappa shape index (κ1) is 11.6. The highest BCUT2D eigenvalue weighted by atomic mass is 35.5. The van der Waals surface area contributed by atoms with E-state index >= 15 is 0 Å². The number of sulfone groups is 1. The molecule has 0 heterocycles. The molecule has 1 aromatic rings. The van der Waals surface area contributed by atoms with Crippen molar-refractivity contribution < 1.29 is 13.2 Å². The molecule has 1 saturated carbocycles. The Morgan fingerprint density at radius 3 is 2.31 bits per heavy atom. The highest BCUT2D eigenvalue weighted by Gasteiger charge is 2.34. The van der Waals surface area contributed by atoms with E-state index in [1.165, 1.54) is 12.1 Å². The monoisotopic (exact) mass is 258 g/mol. The van der Waals surface area contributed by atoms with Crippen molar-refractivity contribution in [1.82, 2.24) is 0 Å². The number of rotatable bonds is 2. The lowest BCUT2D eigenvalue weighted by molar-refractivity contribution is -0.117. The minimum Gasteiger partial charge on any atom is -0.300 e. The molecule has 0 radical (unpaired) electrons. The Kier molecular flexibility index (Phi) is 3.04. The van der Waals surface area contributed by atoms with Crippen LogP contribution in [0.15, 0.2) is 29.2 Å². The van der Waals surface area contributed by atoms with Crippen LogP contribution in [0, 0.1) is 0 Å². The van der Waals surface area contributed by atoms with E-state index in [1.54, 1.807) is 12.1 Å². The van der Waals surface area contributed by atoms with Crippen molar-refractivity contribution in [2.45, 2.75) is 29.4 Å². The summed E-state index contributed by atoms with van der Waals surface area (Å²) in [6, 6.07) is 6.07. The van der Waals surface area contributed by atoms with Crippen molar-refractivity contribution in [2.24, 2.45) is 0 Å². The maximum absolute atomic E-state index is 12.1. The number of halogens is 1. The summed E-state index contributed by atoms with van der Waals surface area (Å²) in [5, 5.41) is -0.0531. The summed E-state index contributed by atoms with van der Waals surface area (Å²) >= 11 is 5.70. The molecule has 3 nitrogen and oxygen atoms in total. The van der Waals surface area contributed by atoms with Gasteiger partial charge in [-0.25, -0.2) is 8.42 Å². The van der Waals surface area contributed by atoms with Crippen molar-refractivity contribution in [3.63, 3.8) is 0 Å². The number of hydrogen-bond donors (Lipinski definition) is 0. The van der Waals surface area contributed by atoms with Crippen LogP contribution in [0.25, 0.3) is 0 Å². The molecule has 1 aliphatic rings. The molecule has 1 aliphatic carbocycles. The van der Waals surface area contributed by atoms with Crippen molar-refractivity contribution in [3.8, 4) is 0 Å². The second-order valence-corrected chi connectivity index (χ2v) is 6.57. The molecule has 0 bridgehead atoms. The molecular formula is C11H11ClO3S. The van der Waals surface area contributed by atoms with Gasteiger partial charge in [0.05, 0.1) is 10.1 Å². The molecule has 5 heteroatoms. The van der Waals surface area contributed by atoms with Gasteiger partial charge in [-0.05, 0) is 30.7 Å². The molecule has 0 aliphatic heterocycles. The molecule has 0 amide bonds. The summed E-state index contributed by atoms with van der Waals surface area (Å²) in [6.07, 6.45) is 0.951. The number of carbonyl (C=O) groups excluding carboxylic acids is 1. The lowest BCUT2D eigenvalue weighted by Crippen LogP contribution is -2.18. The van der Waals surface area contributed by atoms with Crippen LogP contribution in [0.3, 0.4) is 0 Å². The van der Waals surface area contributed by atoms with Gasteiger partial charge < -0.3 is 0 Å². The molecule has 0 N–H and O–H groups in total. The molecule has 1 unspecified atom stereocenters. The Hall–Kier alpha value is -0.870. The Bertz CT molecular complexity index is 505. The first-order valence-corrected chi connectivity index (χ1v) is 6.94. The van der Waals surface area contributed by atoms with Crippen LogP contribution in [0.1, 0.15) is 19.3 Å². The van der Waals surface area contributed by atoms with Gasteiger partial charge in [-0.2, -0.15) is 0 Å². The Morgan fingerprint density at radius 1 is 1.19 bits per heavy atom. The second-order valence-electron chi connectivity index (χ2n) is 3.90. The zero-order chi connectivity index (χ0) is 11.8. The van der Waals surface area contributed by atoms with Gasteiger partial charge in [0.25, 0.3) is 0 Å². The van der Waals surface area contributed by atoms with E-state index in [-0.39, 0.29) is 17.1 Å². The zero-order valence-electron chi connectivity index (χ0n) is 8.52. The fourth-order valence-corrected chi connectivity index (χ4v) is 3.72. The maximum Gasteiger partial charge on any atom is 0.181 e. The topological polar surface area (TPSA) is 51.2 Å². The molecule has 0 aromatic heterocycles. The van der Waals surface area contributed by atoms with Gasteiger partial charge in [0, 0.05) is 17.9 Å². The minimum atomic E-state index is -3.37. The molecule has 2 rings (SSSR count). The lowest BCUT2D eigenvalue weighted by atomic mass is 10.4. The highest BCUT2D eigenvalue weighted by molar-refractivity contribution is 7.92. The summed E-state index contributed by atoms with van der Waals surface area (Å²) in [5.41, 5.74) is 0. The van der Waals surface area contributed by atoms with Crippen molar-refractivity contribution in [3.05, 3.63) is 29.3 Å². The van der Waals surface area contributed by atoms with Gasteiger partial charge in [0.15, 0.2) is 9.84 Å². The summed E-state index contributed by atoms with van der Waals surface area (Å²) in [6.45, 7) is 0. The smallest absolute Gasteiger partial charge is 0.181 e. The van der Waals surface area contributed by atoms with Crippen molar-refractivity contribution >= 4 is 27.2 Å². The van der Waals surface area contributed by atoms with E-state index < -0.39 is 15.1 Å². The molecule has 0 spiro atoms. The second kappa shape index (κ2) is 4.18. The normalized spacial score (nSPS) is 21.3. The van der Waals surface area contributed by atoms with E-state index in [4.69, 9.17) is 11.6 Å². The molecule has 86 valence electrons. The standard InChI is InChI=1S/C11H11ClO3S/c12-8-1-4-10(5-2-8)16(14,15)11-6-3-9(13)7-11/h1-2,4-5,11H,3,6-7H2. The largest absolute Gasteiger partial charge is 0.300 e. The first-order valence-electron chi connectivity index (χ1n) is 5.01. The summed E-state index contributed by atoms with van der Waals surface area (Å²) in [5.74, 6) is 0.0301. The summed E-state index contributed by atoms with van der Waals surface area (Å²) in [7, 11) is -3.37. The lowest BCUT2D eigenvalue weighted by Gasteiger charge is -2.10. The van der Waals surface area contributed by atoms with Gasteiger partial charge in [-0.3, -0.25) is 4.79 Å². The third kappa shape index (κ3) is 2.13. The van der Waals surface area contributed by atoms with Crippen molar-refractivity contribution in [2.75, 3.05) is 0 Å². The van der Waals surface area contributed by atoms with Gasteiger partial charge in [-0.15, -0.1) is 0 Å². The number of Topliss-reactive ketones (excluding diaryl/α,β-unsaturated/α-hetero) is 1. The van der Waals surface area contributed by atoms with E-state index in [0.717, 1.165) is 0 Å². The number of benzene rings is 1. The van der Waals surface area contributed by atoms with Gasteiger partial charge in [0.2, 0.25) is 0 Å². The third-order valence-corrected chi connectivity index (χ3v) is 5.24. The summed E-state index contributed by atoms with van der Waals surface area (Å²) < 4.78 is 24.2. The van der Waals surface area contributed by atoms with E-state index in [0.29, 0.717) is 17.9 Å². The Balaban J connectivity index is 2.32. The van der Waals surface area contributed by atoms with Crippen LogP contribution in [-0.4, -0.2) is 19.5 Å². The van der Waals surface area contributed by atoms with Crippen LogP contribution in [0.5, 0.6) is 0 Å². The van der Waals surface area contributed by atoms with Crippen LogP contribution in [-0.2, 0) is 14.6 Å². The average molecular weight is 259 g/mol. The van der Waals surface area contributed by atoms with E-state index in [1.807, 2.05) is 0 Å². The molecular weight excluding hydrogens is 248 g/mol. The average Bonchev–Trinajstić information content (AvgIpc) is 2.66. The number of hydrogen-bond acceptors (Lipinski definition) is 3. The predicted molar refractivity (Wildman–Crippen MR) is 61.3 cm³/mol. The van der Waals surface area contributed by atoms with Gasteiger partial charge in [0.1, 0.15) is 5.78 Å². The molecule has 1 fully saturated rings. The molecule has 0 saturated heterocycles. The fraction of sp³-hybridized carbons (Fsp3) is 0.364. The molecule has 1 aromatic carbocycles. The Morgan fingerprint density at radius 2 is 1.81 bits per heavy atom. The number of ketones is 1. The van der Waals surface area contributed by atoms with Crippen molar-refractivity contribution in [1.29, 1.82) is 0 Å². The number of carbonyl (C=O) groups is 1. The fourth-order valence-electron chi connectivity index (χ4n) is 1.86. The van der Waals surface area contributed by atoms with E-state index in [9.17, 15) is 13.2 Å². The zero-order valence-corrected chi connectivity index (χ0v) is 10.1. The summed E-state index contributed by atoms with van der Waals surface area (Å²) in [4.78, 5) is 11.3. The van der Waals surface area contributed by atoms with E-state index in [2.05, 4.69) is 0 Å². The molecule has 1 atom stereocenters. The van der Waals surface area contributed by atoms with Crippen LogP contribution >= 0.6 is 11.6 Å². The van der Waals surface area contributed by atoms with Crippen LogP contribution in [0.4, 0.5) is 0 Å². The van der Waals surface area contributed by atoms with Crippen LogP contribution < -0.4 is 0 Å². The quantitative estimate of drug-likeness (QED) is 0.817. The third-order valence-electron chi connectivity index (χ3n) is 2.78. The SMILES string of the molecule is O=C1CCC(S(=O)(=O)c2ccc(Cl)cc2)C1. The van der Waals surface area contributed by atoms with Crippen LogP contribution in [0.2, 0.25) is 5.02 Å². The maximum atomic E-state index is 12.1. The minimum absolute atomic E-state index is 0.0301. The van der Waals surface area contributed by atoms with Gasteiger partial charge >= 0.3 is 0 Å². The molecule has 16 heavy (non-hydrogen) atoms. The van der Waals surface area contributed by atoms with Gasteiger partial charge in [-0.1, -0.05) is 11.6 Å². The highest BCUT2D eigenvalue weighted by Crippen LogP contribution is 2.28.